The molecule has 0 N–H and O–H groups in total. The topological polar surface area (TPSA) is 23.8 Å². The van der Waals surface area contributed by atoms with Gasteiger partial charge in [-0.15, -0.1) is 0 Å². The molecular weight excluding hydrogens is 153 g/mol. The molecule has 0 bridgehead atoms. The lowest BCUT2D eigenvalue weighted by molar-refractivity contribution is 0.625. The van der Waals surface area contributed by atoms with Crippen molar-refractivity contribution in [3.8, 4) is 6.07 Å². The van der Waals surface area contributed by atoms with Crippen LogP contribution in [0.15, 0.2) is 12.1 Å². The lowest BCUT2D eigenvalue weighted by atomic mass is 10.2. The number of benzene rings is 1. The van der Waals surface area contributed by atoms with Crippen molar-refractivity contribution in [3.05, 3.63) is 34.6 Å². The van der Waals surface area contributed by atoms with Crippen molar-refractivity contribution >= 4 is 11.6 Å². The smallest absolute Gasteiger partial charge is 0.134 e. The number of nitrogens with zero attached hydrogens (tertiary/aromatic N) is 1. The second kappa shape index (κ2) is 2.68. The van der Waals surface area contributed by atoms with Gasteiger partial charge in [-0.3, -0.25) is 0 Å². The van der Waals surface area contributed by atoms with Crippen molar-refractivity contribution in [2.75, 3.05) is 0 Å². The van der Waals surface area contributed by atoms with Gasteiger partial charge in [-0.1, -0.05) is 11.6 Å². The molecule has 1 aromatic carbocycles. The van der Waals surface area contributed by atoms with E-state index >= 15 is 0 Å². The molecule has 0 aliphatic heterocycles. The highest BCUT2D eigenvalue weighted by molar-refractivity contribution is 6.30. The molecule has 0 aliphatic rings. The maximum absolute atomic E-state index is 12.3. The van der Waals surface area contributed by atoms with Crippen molar-refractivity contribution in [2.24, 2.45) is 0 Å². The summed E-state index contributed by atoms with van der Waals surface area (Å²) in [5, 5.41) is 8.42. The first-order valence-corrected chi connectivity index (χ1v) is 2.88. The average Bonchev–Trinajstić information content (AvgIpc) is 1.85. The first-order valence-electron chi connectivity index (χ1n) is 2.51. The maximum atomic E-state index is 12.3. The zero-order valence-electron chi connectivity index (χ0n) is 4.86. The summed E-state index contributed by atoms with van der Waals surface area (Å²) in [5.41, 5.74) is 0.209. The summed E-state index contributed by atoms with van der Waals surface area (Å²) < 4.78 is 12.3. The highest BCUT2D eigenvalue weighted by atomic mass is 35.5. The van der Waals surface area contributed by atoms with Crippen LogP contribution in [0.2, 0.25) is 5.02 Å². The van der Waals surface area contributed by atoms with Crippen molar-refractivity contribution in [3.63, 3.8) is 0 Å². The lowest BCUT2D eigenvalue weighted by Gasteiger charge is -1.89. The van der Waals surface area contributed by atoms with E-state index in [1.54, 1.807) is 6.07 Å². The Morgan fingerprint density at radius 3 is 2.80 bits per heavy atom. The molecule has 0 spiro atoms. The summed E-state index contributed by atoms with van der Waals surface area (Å²) in [5.74, 6) is -0.607. The van der Waals surface area contributed by atoms with Gasteiger partial charge in [0.05, 0.1) is 16.7 Å². The Morgan fingerprint density at radius 2 is 2.30 bits per heavy atom. The van der Waals surface area contributed by atoms with Crippen LogP contribution in [0.1, 0.15) is 5.56 Å². The van der Waals surface area contributed by atoms with Gasteiger partial charge in [-0.25, -0.2) is 4.39 Å². The van der Waals surface area contributed by atoms with E-state index in [2.05, 4.69) is 6.07 Å². The minimum atomic E-state index is -0.607. The van der Waals surface area contributed by atoms with Crippen LogP contribution >= 0.6 is 11.6 Å². The van der Waals surface area contributed by atoms with Crippen LogP contribution in [0.3, 0.4) is 0 Å². The average molecular weight is 155 g/mol. The number of halogens is 2. The molecule has 1 radical (unpaired) electrons. The molecule has 0 aromatic heterocycles. The van der Waals surface area contributed by atoms with E-state index in [1.165, 1.54) is 6.07 Å². The lowest BCUT2D eigenvalue weighted by Crippen LogP contribution is -1.78. The molecule has 0 amide bonds. The maximum Gasteiger partial charge on any atom is 0.134 e. The molecule has 3 heteroatoms. The quantitative estimate of drug-likeness (QED) is 0.562. The highest BCUT2D eigenvalue weighted by Crippen LogP contribution is 2.11. The van der Waals surface area contributed by atoms with E-state index < -0.39 is 5.82 Å². The van der Waals surface area contributed by atoms with Gasteiger partial charge >= 0.3 is 0 Å². The Morgan fingerprint density at radius 1 is 1.60 bits per heavy atom. The van der Waals surface area contributed by atoms with Crippen molar-refractivity contribution in [1.82, 2.24) is 0 Å². The standard InChI is InChI=1S/C7H2ClFN/c8-6-1-5(4-10)2-7(9)3-6/h1-2H. The normalized spacial score (nSPS) is 8.90. The summed E-state index contributed by atoms with van der Waals surface area (Å²) in [6.45, 7) is 0. The van der Waals surface area contributed by atoms with Crippen LogP contribution in [0.4, 0.5) is 4.39 Å². The molecule has 1 aromatic rings. The summed E-state index contributed by atoms with van der Waals surface area (Å²) in [4.78, 5) is 0. The molecular formula is C7H2ClFN. The van der Waals surface area contributed by atoms with E-state index in [1.807, 2.05) is 0 Å². The number of nitriles is 1. The minimum absolute atomic E-state index is 0.122. The molecule has 0 saturated heterocycles. The highest BCUT2D eigenvalue weighted by Gasteiger charge is 1.96. The van der Waals surface area contributed by atoms with Gasteiger partial charge in [0.25, 0.3) is 0 Å². The third kappa shape index (κ3) is 1.46. The van der Waals surface area contributed by atoms with Gasteiger partial charge in [-0.2, -0.15) is 5.26 Å². The first-order chi connectivity index (χ1) is 4.72. The van der Waals surface area contributed by atoms with Gasteiger partial charge in [0.15, 0.2) is 0 Å². The Kier molecular flexibility index (Phi) is 1.88. The van der Waals surface area contributed by atoms with E-state index in [4.69, 9.17) is 16.9 Å². The predicted octanol–water partition coefficient (Wildman–Crippen LogP) is 2.15. The molecule has 10 heavy (non-hydrogen) atoms. The van der Waals surface area contributed by atoms with Crippen LogP contribution in [0.5, 0.6) is 0 Å². The fraction of sp³-hybridized carbons (Fsp3) is 0. The molecule has 0 fully saturated rings. The Balaban J connectivity index is 3.22. The Labute approximate surface area is 62.7 Å². The SMILES string of the molecule is N#Cc1cc(F)[c]c(Cl)c1. The fourth-order valence-corrected chi connectivity index (χ4v) is 0.773. The first kappa shape index (κ1) is 7.04. The second-order valence-corrected chi connectivity index (χ2v) is 2.08. The molecule has 0 aliphatic carbocycles. The number of hydrogen-bond acceptors (Lipinski definition) is 1. The summed E-state index contributed by atoms with van der Waals surface area (Å²) in [7, 11) is 0. The van der Waals surface area contributed by atoms with Crippen molar-refractivity contribution < 1.29 is 4.39 Å². The van der Waals surface area contributed by atoms with Gasteiger partial charge < -0.3 is 0 Å². The number of rotatable bonds is 0. The molecule has 1 rings (SSSR count). The summed E-state index contributed by atoms with van der Waals surface area (Å²) >= 11 is 5.38. The molecule has 0 heterocycles. The Bertz CT molecular complexity index is 270. The van der Waals surface area contributed by atoms with E-state index in [-0.39, 0.29) is 10.6 Å². The van der Waals surface area contributed by atoms with Gasteiger partial charge in [0.1, 0.15) is 5.82 Å². The van der Waals surface area contributed by atoms with Crippen LogP contribution in [0, 0.1) is 23.2 Å². The molecule has 0 atom stereocenters. The van der Waals surface area contributed by atoms with E-state index in [0.29, 0.717) is 0 Å². The number of hydrogen-bond donors (Lipinski definition) is 0. The van der Waals surface area contributed by atoms with E-state index in [9.17, 15) is 4.39 Å². The monoisotopic (exact) mass is 154 g/mol. The molecule has 0 saturated carbocycles. The minimum Gasteiger partial charge on any atom is -0.206 e. The molecule has 1 nitrogen and oxygen atoms in total. The van der Waals surface area contributed by atoms with Crippen LogP contribution < -0.4 is 0 Å². The Hall–Kier alpha value is -1.07. The van der Waals surface area contributed by atoms with Crippen LogP contribution in [-0.4, -0.2) is 0 Å². The van der Waals surface area contributed by atoms with Gasteiger partial charge in [0, 0.05) is 6.07 Å². The predicted molar refractivity (Wildman–Crippen MR) is 35.0 cm³/mol. The zero-order valence-corrected chi connectivity index (χ0v) is 5.61. The third-order valence-corrected chi connectivity index (χ3v) is 1.14. The van der Waals surface area contributed by atoms with Crippen molar-refractivity contribution in [1.29, 1.82) is 5.26 Å². The van der Waals surface area contributed by atoms with E-state index in [0.717, 1.165) is 6.07 Å². The van der Waals surface area contributed by atoms with Crippen molar-refractivity contribution in [2.45, 2.75) is 0 Å². The van der Waals surface area contributed by atoms with Gasteiger partial charge in [0.2, 0.25) is 0 Å². The third-order valence-electron chi connectivity index (χ3n) is 0.932. The molecule has 0 unspecified atom stereocenters. The van der Waals surface area contributed by atoms with Crippen LogP contribution in [0.25, 0.3) is 0 Å². The molecule has 49 valence electrons. The fourth-order valence-electron chi connectivity index (χ4n) is 0.566. The zero-order chi connectivity index (χ0) is 7.56. The summed E-state index contributed by atoms with van der Waals surface area (Å²) in [6, 6.07) is 6.38. The largest absolute Gasteiger partial charge is 0.206 e. The van der Waals surface area contributed by atoms with Crippen LogP contribution in [-0.2, 0) is 0 Å². The van der Waals surface area contributed by atoms with Gasteiger partial charge in [-0.05, 0) is 12.1 Å². The second-order valence-electron chi connectivity index (χ2n) is 1.68. The summed E-state index contributed by atoms with van der Waals surface area (Å²) in [6.07, 6.45) is 0.